The number of carbonyl (C=O) groups excluding carboxylic acids is 1. The highest BCUT2D eigenvalue weighted by molar-refractivity contribution is 5.84. The van der Waals surface area contributed by atoms with Gasteiger partial charge in [-0.15, -0.1) is 0 Å². The summed E-state index contributed by atoms with van der Waals surface area (Å²) in [6.45, 7) is 5.26. The number of nitriles is 1. The first-order chi connectivity index (χ1) is 6.92. The van der Waals surface area contributed by atoms with Gasteiger partial charge in [0.1, 0.15) is 11.7 Å². The summed E-state index contributed by atoms with van der Waals surface area (Å²) in [4.78, 5) is 17.6. The maximum absolute atomic E-state index is 11.3. The van der Waals surface area contributed by atoms with Gasteiger partial charge in [0, 0.05) is 0 Å². The predicted octanol–water partition coefficient (Wildman–Crippen LogP) is 1.63. The van der Waals surface area contributed by atoms with E-state index in [-0.39, 0.29) is 11.5 Å². The van der Waals surface area contributed by atoms with E-state index in [1.807, 2.05) is 6.07 Å². The lowest BCUT2D eigenvalue weighted by Crippen LogP contribution is -2.27. The lowest BCUT2D eigenvalue weighted by molar-refractivity contribution is 0.0635. The first-order valence-corrected chi connectivity index (χ1v) is 4.36. The molecule has 6 heteroatoms. The quantitative estimate of drug-likeness (QED) is 0.733. The molecule has 1 heterocycles. The lowest BCUT2D eigenvalue weighted by atomic mass is 10.2. The fourth-order valence-electron chi connectivity index (χ4n) is 0.875. The topological polar surface area (TPSA) is 90.8 Å². The van der Waals surface area contributed by atoms with Crippen LogP contribution in [0.25, 0.3) is 0 Å². The molecule has 1 rings (SSSR count). The number of anilines is 1. The molecule has 2 N–H and O–H groups in total. The van der Waals surface area contributed by atoms with Gasteiger partial charge in [-0.2, -0.15) is 5.26 Å². The molecular formula is C9H12N4O2. The number of carbonyl (C=O) groups is 1. The van der Waals surface area contributed by atoms with Gasteiger partial charge in [-0.3, -0.25) is 5.32 Å². The van der Waals surface area contributed by atoms with Crippen LogP contribution in [0.4, 0.5) is 10.6 Å². The number of H-pyrrole nitrogens is 1. The van der Waals surface area contributed by atoms with Crippen molar-refractivity contribution in [1.29, 1.82) is 5.26 Å². The van der Waals surface area contributed by atoms with Gasteiger partial charge < -0.3 is 9.72 Å². The Morgan fingerprint density at radius 3 is 2.87 bits per heavy atom. The standard InChI is InChI=1S/C9H12N4O2/c1-9(2,3)15-8(14)13-7-6(4-10)11-5-12-7/h5H,1-3H3,(H,11,12)(H,13,14). The Kier molecular flexibility index (Phi) is 2.95. The van der Waals surface area contributed by atoms with Crippen molar-refractivity contribution in [3.8, 4) is 6.07 Å². The van der Waals surface area contributed by atoms with Crippen molar-refractivity contribution >= 4 is 11.9 Å². The van der Waals surface area contributed by atoms with Crippen LogP contribution >= 0.6 is 0 Å². The van der Waals surface area contributed by atoms with Gasteiger partial charge in [-0.05, 0) is 20.8 Å². The summed E-state index contributed by atoms with van der Waals surface area (Å²) in [7, 11) is 0. The molecule has 6 nitrogen and oxygen atoms in total. The van der Waals surface area contributed by atoms with E-state index in [4.69, 9.17) is 10.00 Å². The van der Waals surface area contributed by atoms with Crippen LogP contribution in [0.1, 0.15) is 26.5 Å². The molecule has 0 aromatic carbocycles. The molecule has 0 bridgehead atoms. The summed E-state index contributed by atoms with van der Waals surface area (Å²) in [5.74, 6) is 0.173. The molecule has 0 unspecified atom stereocenters. The van der Waals surface area contributed by atoms with Gasteiger partial charge in [0.15, 0.2) is 11.5 Å². The van der Waals surface area contributed by atoms with Crippen molar-refractivity contribution in [2.45, 2.75) is 26.4 Å². The van der Waals surface area contributed by atoms with Crippen LogP contribution in [0.5, 0.6) is 0 Å². The van der Waals surface area contributed by atoms with Crippen LogP contribution < -0.4 is 5.32 Å². The zero-order valence-corrected chi connectivity index (χ0v) is 8.79. The number of nitrogens with one attached hydrogen (secondary N) is 2. The second-order valence-electron chi connectivity index (χ2n) is 3.86. The minimum Gasteiger partial charge on any atom is -0.444 e. The van der Waals surface area contributed by atoms with Crippen molar-refractivity contribution in [2.24, 2.45) is 0 Å². The number of nitrogens with zero attached hydrogens (tertiary/aromatic N) is 2. The van der Waals surface area contributed by atoms with E-state index in [1.165, 1.54) is 6.33 Å². The van der Waals surface area contributed by atoms with Crippen molar-refractivity contribution < 1.29 is 9.53 Å². The second-order valence-corrected chi connectivity index (χ2v) is 3.86. The number of rotatable bonds is 1. The number of ether oxygens (including phenoxy) is 1. The molecule has 0 atom stereocenters. The Labute approximate surface area is 87.3 Å². The zero-order chi connectivity index (χ0) is 11.5. The van der Waals surface area contributed by atoms with Gasteiger partial charge in [0.2, 0.25) is 0 Å². The van der Waals surface area contributed by atoms with E-state index >= 15 is 0 Å². The Morgan fingerprint density at radius 1 is 1.67 bits per heavy atom. The van der Waals surface area contributed by atoms with Gasteiger partial charge >= 0.3 is 6.09 Å². The Morgan fingerprint density at radius 2 is 2.33 bits per heavy atom. The van der Waals surface area contributed by atoms with Crippen LogP contribution in [0.2, 0.25) is 0 Å². The maximum Gasteiger partial charge on any atom is 0.413 e. The minimum atomic E-state index is -0.633. The molecule has 0 spiro atoms. The molecule has 0 aliphatic carbocycles. The van der Waals surface area contributed by atoms with Crippen LogP contribution in [0, 0.1) is 11.3 Å². The van der Waals surface area contributed by atoms with Crippen molar-refractivity contribution in [3.63, 3.8) is 0 Å². The molecule has 15 heavy (non-hydrogen) atoms. The van der Waals surface area contributed by atoms with Gasteiger partial charge in [-0.25, -0.2) is 9.78 Å². The number of aromatic amines is 1. The normalized spacial score (nSPS) is 10.5. The fraction of sp³-hybridized carbons (Fsp3) is 0.444. The van der Waals surface area contributed by atoms with Crippen molar-refractivity contribution in [3.05, 3.63) is 12.0 Å². The molecule has 0 fully saturated rings. The van der Waals surface area contributed by atoms with Gasteiger partial charge in [0.05, 0.1) is 6.33 Å². The average molecular weight is 208 g/mol. The molecule has 1 amide bonds. The predicted molar refractivity (Wildman–Crippen MR) is 53.2 cm³/mol. The van der Waals surface area contributed by atoms with E-state index in [2.05, 4.69) is 15.3 Å². The summed E-state index contributed by atoms with van der Waals surface area (Å²) in [6, 6.07) is 1.86. The number of amides is 1. The molecule has 0 saturated carbocycles. The number of imidazole rings is 1. The van der Waals surface area contributed by atoms with Crippen molar-refractivity contribution in [2.75, 3.05) is 5.32 Å². The van der Waals surface area contributed by atoms with Crippen LogP contribution in [0.3, 0.4) is 0 Å². The van der Waals surface area contributed by atoms with E-state index in [1.54, 1.807) is 20.8 Å². The summed E-state index contributed by atoms with van der Waals surface area (Å²) in [5, 5.41) is 11.0. The summed E-state index contributed by atoms with van der Waals surface area (Å²) in [6.07, 6.45) is 0.691. The summed E-state index contributed by atoms with van der Waals surface area (Å²) >= 11 is 0. The minimum absolute atomic E-state index is 0.173. The maximum atomic E-state index is 11.3. The number of hydrogen-bond donors (Lipinski definition) is 2. The van der Waals surface area contributed by atoms with Crippen LogP contribution in [-0.2, 0) is 4.74 Å². The lowest BCUT2D eigenvalue weighted by Gasteiger charge is -2.19. The third-order valence-electron chi connectivity index (χ3n) is 1.37. The largest absolute Gasteiger partial charge is 0.444 e. The van der Waals surface area contributed by atoms with E-state index in [0.29, 0.717) is 0 Å². The third kappa shape index (κ3) is 3.31. The molecule has 80 valence electrons. The molecule has 0 aliphatic rings. The van der Waals surface area contributed by atoms with E-state index in [9.17, 15) is 4.79 Å². The number of aromatic nitrogens is 2. The molecule has 0 saturated heterocycles. The average Bonchev–Trinajstić information content (AvgIpc) is 2.48. The zero-order valence-electron chi connectivity index (χ0n) is 8.79. The van der Waals surface area contributed by atoms with Gasteiger partial charge in [-0.1, -0.05) is 0 Å². The first-order valence-electron chi connectivity index (χ1n) is 4.36. The summed E-state index contributed by atoms with van der Waals surface area (Å²) < 4.78 is 5.00. The van der Waals surface area contributed by atoms with Crippen LogP contribution in [0.15, 0.2) is 6.33 Å². The third-order valence-corrected chi connectivity index (χ3v) is 1.37. The Balaban J connectivity index is 2.64. The molecular weight excluding hydrogens is 196 g/mol. The van der Waals surface area contributed by atoms with Crippen LogP contribution in [-0.4, -0.2) is 21.7 Å². The molecule has 0 aliphatic heterocycles. The van der Waals surface area contributed by atoms with E-state index in [0.717, 1.165) is 0 Å². The summed E-state index contributed by atoms with van der Waals surface area (Å²) in [5.41, 5.74) is -0.381. The number of hydrogen-bond acceptors (Lipinski definition) is 4. The first kappa shape index (κ1) is 11.0. The Hall–Kier alpha value is -2.03. The second kappa shape index (κ2) is 4.00. The molecule has 1 aromatic rings. The van der Waals surface area contributed by atoms with Crippen molar-refractivity contribution in [1.82, 2.24) is 9.97 Å². The highest BCUT2D eigenvalue weighted by Crippen LogP contribution is 2.11. The highest BCUT2D eigenvalue weighted by atomic mass is 16.6. The SMILES string of the molecule is CC(C)(C)OC(=O)Nc1nc[nH]c1C#N. The molecule has 1 aromatic heterocycles. The van der Waals surface area contributed by atoms with E-state index < -0.39 is 11.7 Å². The monoisotopic (exact) mass is 208 g/mol. The highest BCUT2D eigenvalue weighted by Gasteiger charge is 2.17. The molecule has 0 radical (unpaired) electrons. The smallest absolute Gasteiger partial charge is 0.413 e. The Bertz CT molecular complexity index is 397. The van der Waals surface area contributed by atoms with Gasteiger partial charge in [0.25, 0.3) is 0 Å². The fourth-order valence-corrected chi connectivity index (χ4v) is 0.875.